The molecular formula is C9H22N2S. The van der Waals surface area contributed by atoms with Gasteiger partial charge in [-0.3, -0.25) is 0 Å². The predicted octanol–water partition coefficient (Wildman–Crippen LogP) is 1.28. The van der Waals surface area contributed by atoms with Crippen molar-refractivity contribution in [2.24, 2.45) is 0 Å². The molecule has 0 amide bonds. The van der Waals surface area contributed by atoms with Crippen molar-refractivity contribution < 1.29 is 0 Å². The van der Waals surface area contributed by atoms with Crippen LogP contribution in [0, 0.1) is 0 Å². The predicted molar refractivity (Wildman–Crippen MR) is 59.0 cm³/mol. The van der Waals surface area contributed by atoms with E-state index in [2.05, 4.69) is 23.5 Å². The first kappa shape index (κ1) is 12.3. The normalized spacial score (nSPS) is 11.0. The van der Waals surface area contributed by atoms with Crippen molar-refractivity contribution in [1.29, 1.82) is 0 Å². The van der Waals surface area contributed by atoms with E-state index < -0.39 is 0 Å². The Morgan fingerprint density at radius 2 is 1.92 bits per heavy atom. The first-order valence-corrected chi connectivity index (χ1v) is 6.02. The first-order chi connectivity index (χ1) is 5.81. The maximum atomic E-state index is 3.16. The maximum absolute atomic E-state index is 3.16. The summed E-state index contributed by atoms with van der Waals surface area (Å²) in [6.07, 6.45) is 4.74. The van der Waals surface area contributed by atoms with Gasteiger partial charge >= 0.3 is 0 Å². The van der Waals surface area contributed by atoms with E-state index in [-0.39, 0.29) is 0 Å². The molecule has 0 fully saturated rings. The zero-order valence-electron chi connectivity index (χ0n) is 8.60. The van der Waals surface area contributed by atoms with Crippen molar-refractivity contribution in [2.75, 3.05) is 45.7 Å². The Morgan fingerprint density at radius 3 is 2.50 bits per heavy atom. The zero-order valence-corrected chi connectivity index (χ0v) is 9.41. The Kier molecular flexibility index (Phi) is 9.57. The second-order valence-electron chi connectivity index (χ2n) is 3.11. The SMILES string of the molecule is CNCCCN(C)CCCSC. The largest absolute Gasteiger partial charge is 0.320 e. The third kappa shape index (κ3) is 8.37. The van der Waals surface area contributed by atoms with Gasteiger partial charge in [0.25, 0.3) is 0 Å². The molecule has 0 rings (SSSR count). The molecule has 0 aliphatic heterocycles. The molecule has 2 nitrogen and oxygen atoms in total. The van der Waals surface area contributed by atoms with Crippen LogP contribution in [-0.4, -0.2) is 50.6 Å². The Balaban J connectivity index is 3.04. The lowest BCUT2D eigenvalue weighted by molar-refractivity contribution is 0.330. The van der Waals surface area contributed by atoms with Crippen LogP contribution in [-0.2, 0) is 0 Å². The average Bonchev–Trinajstić information content (AvgIpc) is 2.06. The molecule has 74 valence electrons. The fourth-order valence-corrected chi connectivity index (χ4v) is 1.53. The number of hydrogen-bond acceptors (Lipinski definition) is 3. The van der Waals surface area contributed by atoms with Crippen LogP contribution in [0.4, 0.5) is 0 Å². The summed E-state index contributed by atoms with van der Waals surface area (Å²) in [5.74, 6) is 1.29. The Hall–Kier alpha value is 0.270. The standard InChI is InChI=1S/C9H22N2S/c1-10-6-4-7-11(2)8-5-9-12-3/h10H,4-9H2,1-3H3. The van der Waals surface area contributed by atoms with E-state index in [1.807, 2.05) is 18.8 Å². The summed E-state index contributed by atoms with van der Waals surface area (Å²) in [6, 6.07) is 0. The van der Waals surface area contributed by atoms with Crippen molar-refractivity contribution >= 4 is 11.8 Å². The van der Waals surface area contributed by atoms with Gasteiger partial charge < -0.3 is 10.2 Å². The molecule has 0 aromatic heterocycles. The first-order valence-electron chi connectivity index (χ1n) is 4.63. The summed E-state index contributed by atoms with van der Waals surface area (Å²) in [6.45, 7) is 3.59. The lowest BCUT2D eigenvalue weighted by atomic mass is 10.3. The maximum Gasteiger partial charge on any atom is -0.000969 e. The fourth-order valence-electron chi connectivity index (χ4n) is 1.12. The van der Waals surface area contributed by atoms with Gasteiger partial charge in [0.2, 0.25) is 0 Å². The van der Waals surface area contributed by atoms with Gasteiger partial charge in [-0.15, -0.1) is 0 Å². The summed E-state index contributed by atoms with van der Waals surface area (Å²) in [7, 11) is 4.21. The molecule has 0 aliphatic rings. The van der Waals surface area contributed by atoms with E-state index in [0.717, 1.165) is 6.54 Å². The lowest BCUT2D eigenvalue weighted by Crippen LogP contribution is -2.24. The van der Waals surface area contributed by atoms with Crippen LogP contribution in [0.15, 0.2) is 0 Å². The van der Waals surface area contributed by atoms with Crippen LogP contribution in [0.3, 0.4) is 0 Å². The van der Waals surface area contributed by atoms with Gasteiger partial charge in [0.05, 0.1) is 0 Å². The van der Waals surface area contributed by atoms with Crippen molar-refractivity contribution in [3.63, 3.8) is 0 Å². The number of nitrogens with zero attached hydrogens (tertiary/aromatic N) is 1. The minimum absolute atomic E-state index is 1.13. The Bertz CT molecular complexity index is 78.6. The van der Waals surface area contributed by atoms with E-state index >= 15 is 0 Å². The third-order valence-corrected chi connectivity index (χ3v) is 2.55. The zero-order chi connectivity index (χ0) is 9.23. The van der Waals surface area contributed by atoms with Gasteiger partial charge in [0.1, 0.15) is 0 Å². The number of hydrogen-bond donors (Lipinski definition) is 1. The monoisotopic (exact) mass is 190 g/mol. The van der Waals surface area contributed by atoms with Crippen LogP contribution in [0.25, 0.3) is 0 Å². The van der Waals surface area contributed by atoms with E-state index in [1.54, 1.807) is 0 Å². The minimum Gasteiger partial charge on any atom is -0.320 e. The van der Waals surface area contributed by atoms with Gasteiger partial charge in [-0.2, -0.15) is 11.8 Å². The van der Waals surface area contributed by atoms with Crippen LogP contribution in [0.1, 0.15) is 12.8 Å². The Labute approximate surface area is 81.1 Å². The fraction of sp³-hybridized carbons (Fsp3) is 1.00. The molecule has 0 bridgehead atoms. The van der Waals surface area contributed by atoms with Gasteiger partial charge in [-0.05, 0) is 58.6 Å². The molecule has 0 aliphatic carbocycles. The molecule has 0 aromatic rings. The smallest absolute Gasteiger partial charge is 0.000969 e. The van der Waals surface area contributed by atoms with Crippen molar-refractivity contribution in [3.05, 3.63) is 0 Å². The van der Waals surface area contributed by atoms with E-state index in [9.17, 15) is 0 Å². The number of nitrogens with one attached hydrogen (secondary N) is 1. The summed E-state index contributed by atoms with van der Waals surface area (Å²) in [5, 5.41) is 3.16. The lowest BCUT2D eigenvalue weighted by Gasteiger charge is -2.15. The van der Waals surface area contributed by atoms with Gasteiger partial charge in [0.15, 0.2) is 0 Å². The molecule has 0 saturated carbocycles. The van der Waals surface area contributed by atoms with Crippen LogP contribution < -0.4 is 5.32 Å². The molecule has 0 spiro atoms. The highest BCUT2D eigenvalue weighted by Crippen LogP contribution is 1.97. The van der Waals surface area contributed by atoms with Crippen molar-refractivity contribution in [2.45, 2.75) is 12.8 Å². The molecule has 0 aromatic carbocycles. The highest BCUT2D eigenvalue weighted by molar-refractivity contribution is 7.98. The van der Waals surface area contributed by atoms with E-state index in [0.29, 0.717) is 0 Å². The summed E-state index contributed by atoms with van der Waals surface area (Å²) in [5.41, 5.74) is 0. The highest BCUT2D eigenvalue weighted by atomic mass is 32.2. The molecule has 0 unspecified atom stereocenters. The molecule has 0 radical (unpaired) electrons. The number of rotatable bonds is 8. The summed E-state index contributed by atoms with van der Waals surface area (Å²) >= 11 is 1.93. The van der Waals surface area contributed by atoms with Gasteiger partial charge in [0, 0.05) is 0 Å². The topological polar surface area (TPSA) is 15.3 Å². The van der Waals surface area contributed by atoms with Gasteiger partial charge in [-0.25, -0.2) is 0 Å². The van der Waals surface area contributed by atoms with Crippen molar-refractivity contribution in [1.82, 2.24) is 10.2 Å². The quantitative estimate of drug-likeness (QED) is 0.581. The number of thioether (sulfide) groups is 1. The Morgan fingerprint density at radius 1 is 1.25 bits per heavy atom. The second-order valence-corrected chi connectivity index (χ2v) is 4.09. The highest BCUT2D eigenvalue weighted by Gasteiger charge is 1.96. The molecule has 0 heterocycles. The average molecular weight is 190 g/mol. The van der Waals surface area contributed by atoms with E-state index in [1.165, 1.54) is 31.7 Å². The van der Waals surface area contributed by atoms with Crippen LogP contribution in [0.2, 0.25) is 0 Å². The van der Waals surface area contributed by atoms with Crippen molar-refractivity contribution in [3.8, 4) is 0 Å². The van der Waals surface area contributed by atoms with E-state index in [4.69, 9.17) is 0 Å². The van der Waals surface area contributed by atoms with Crippen LogP contribution >= 0.6 is 11.8 Å². The summed E-state index contributed by atoms with van der Waals surface area (Å²) < 4.78 is 0. The minimum atomic E-state index is 1.13. The molecule has 1 N–H and O–H groups in total. The molecule has 12 heavy (non-hydrogen) atoms. The molecule has 0 atom stereocenters. The summed E-state index contributed by atoms with van der Waals surface area (Å²) in [4.78, 5) is 2.41. The van der Waals surface area contributed by atoms with Gasteiger partial charge in [-0.1, -0.05) is 0 Å². The van der Waals surface area contributed by atoms with Crippen LogP contribution in [0.5, 0.6) is 0 Å². The third-order valence-electron chi connectivity index (χ3n) is 1.85. The second kappa shape index (κ2) is 9.36. The molecule has 3 heteroatoms. The molecular weight excluding hydrogens is 168 g/mol. The molecule has 0 saturated heterocycles.